The molecule has 23 heavy (non-hydrogen) atoms. The summed E-state index contributed by atoms with van der Waals surface area (Å²) in [6.07, 6.45) is -2.14. The minimum Gasteiger partial charge on any atom is -0.388 e. The van der Waals surface area contributed by atoms with E-state index in [2.05, 4.69) is 4.98 Å². The van der Waals surface area contributed by atoms with Gasteiger partial charge in [0, 0.05) is 11.8 Å². The molecular weight excluding hydrogens is 302 g/mol. The lowest BCUT2D eigenvalue weighted by Crippen LogP contribution is -2.38. The molecule has 1 saturated heterocycles. The van der Waals surface area contributed by atoms with Crippen molar-refractivity contribution in [2.24, 2.45) is 5.73 Å². The number of amides is 1. The molecule has 2 aromatic rings. The van der Waals surface area contributed by atoms with Crippen LogP contribution in [0.15, 0.2) is 41.3 Å². The van der Waals surface area contributed by atoms with Crippen LogP contribution in [0.2, 0.25) is 0 Å². The van der Waals surface area contributed by atoms with Gasteiger partial charge in [-0.15, -0.1) is 0 Å². The summed E-state index contributed by atoms with van der Waals surface area (Å²) in [6, 6.07) is 8.88. The molecule has 8 heteroatoms. The number of nitrogens with zero attached hydrogens (tertiary/aromatic N) is 2. The van der Waals surface area contributed by atoms with E-state index in [1.54, 1.807) is 24.3 Å². The maximum Gasteiger partial charge on any atom is 0.284 e. The Bertz CT molecular complexity index is 789. The Morgan fingerprint density at radius 2 is 2.00 bits per heavy atom. The normalized spacial score (nSPS) is 23.8. The Hall–Kier alpha value is -2.55. The van der Waals surface area contributed by atoms with Crippen molar-refractivity contribution in [3.8, 4) is 11.3 Å². The number of hydrogen-bond donors (Lipinski definition) is 3. The lowest BCUT2D eigenvalue weighted by atomic mass is 10.1. The van der Waals surface area contributed by atoms with Gasteiger partial charge in [-0.05, 0) is 0 Å². The standard InChI is InChI=1S/C15H15N3O5/c16-13(21)11-14(22)18(15-12(20)10(19)7-23-15)6-9(17-11)8-4-2-1-3-5-8/h1-6,10,12,15,19-20H,7H2,(H2,16,21)/t10-,12+,15+/m0/s1. The molecule has 0 saturated carbocycles. The molecule has 1 amide bonds. The van der Waals surface area contributed by atoms with Gasteiger partial charge in [0.25, 0.3) is 11.5 Å². The maximum absolute atomic E-state index is 12.4. The minimum absolute atomic E-state index is 0.118. The molecular formula is C15H15N3O5. The first kappa shape index (κ1) is 15.3. The highest BCUT2D eigenvalue weighted by Gasteiger charge is 2.37. The zero-order valence-electron chi connectivity index (χ0n) is 12.0. The highest BCUT2D eigenvalue weighted by molar-refractivity contribution is 5.90. The first-order chi connectivity index (χ1) is 11.0. The summed E-state index contributed by atoms with van der Waals surface area (Å²) in [7, 11) is 0. The number of aliphatic hydroxyl groups excluding tert-OH is 2. The third-order valence-corrected chi connectivity index (χ3v) is 3.63. The second kappa shape index (κ2) is 5.92. The van der Waals surface area contributed by atoms with E-state index in [1.807, 2.05) is 6.07 Å². The van der Waals surface area contributed by atoms with Crippen molar-refractivity contribution in [3.63, 3.8) is 0 Å². The number of carbonyl (C=O) groups is 1. The van der Waals surface area contributed by atoms with Gasteiger partial charge >= 0.3 is 0 Å². The summed E-state index contributed by atoms with van der Waals surface area (Å²) >= 11 is 0. The average Bonchev–Trinajstić information content (AvgIpc) is 2.88. The van der Waals surface area contributed by atoms with E-state index < -0.39 is 35.6 Å². The monoisotopic (exact) mass is 317 g/mol. The molecule has 2 heterocycles. The number of aromatic nitrogens is 2. The first-order valence-corrected chi connectivity index (χ1v) is 6.95. The third-order valence-electron chi connectivity index (χ3n) is 3.63. The molecule has 0 bridgehead atoms. The summed E-state index contributed by atoms with van der Waals surface area (Å²) in [6.45, 7) is -0.118. The first-order valence-electron chi connectivity index (χ1n) is 6.95. The highest BCUT2D eigenvalue weighted by Crippen LogP contribution is 2.24. The molecule has 8 nitrogen and oxygen atoms in total. The van der Waals surface area contributed by atoms with Crippen molar-refractivity contribution in [2.45, 2.75) is 18.4 Å². The molecule has 1 aromatic carbocycles. The van der Waals surface area contributed by atoms with Gasteiger partial charge in [0.05, 0.1) is 12.3 Å². The molecule has 3 rings (SSSR count). The van der Waals surface area contributed by atoms with E-state index in [1.165, 1.54) is 6.20 Å². The molecule has 1 aromatic heterocycles. The Kier molecular flexibility index (Phi) is 3.95. The van der Waals surface area contributed by atoms with E-state index in [0.717, 1.165) is 4.57 Å². The van der Waals surface area contributed by atoms with Crippen LogP contribution in [0.3, 0.4) is 0 Å². The SMILES string of the molecule is NC(=O)c1nc(-c2ccccc2)cn([C@@H]2OC[C@H](O)[C@H]2O)c1=O. The van der Waals surface area contributed by atoms with Gasteiger partial charge in [-0.3, -0.25) is 14.2 Å². The van der Waals surface area contributed by atoms with Crippen LogP contribution in [0.4, 0.5) is 0 Å². The third kappa shape index (κ3) is 2.74. The summed E-state index contributed by atoms with van der Waals surface area (Å²) in [5.41, 5.74) is 4.98. The van der Waals surface area contributed by atoms with Crippen LogP contribution < -0.4 is 11.3 Å². The highest BCUT2D eigenvalue weighted by atomic mass is 16.5. The van der Waals surface area contributed by atoms with Gasteiger partial charge < -0.3 is 20.7 Å². The molecule has 0 aliphatic carbocycles. The Balaban J connectivity index is 2.17. The molecule has 120 valence electrons. The van der Waals surface area contributed by atoms with Gasteiger partial charge in [-0.1, -0.05) is 30.3 Å². The maximum atomic E-state index is 12.4. The van der Waals surface area contributed by atoms with Crippen molar-refractivity contribution in [1.82, 2.24) is 9.55 Å². The number of primary amides is 1. The van der Waals surface area contributed by atoms with E-state index in [0.29, 0.717) is 11.3 Å². The number of aliphatic hydroxyl groups is 2. The van der Waals surface area contributed by atoms with Gasteiger partial charge in [0.15, 0.2) is 11.9 Å². The van der Waals surface area contributed by atoms with Crippen LogP contribution in [0, 0.1) is 0 Å². The second-order valence-electron chi connectivity index (χ2n) is 5.20. The molecule has 4 N–H and O–H groups in total. The second-order valence-corrected chi connectivity index (χ2v) is 5.20. The van der Waals surface area contributed by atoms with Crippen LogP contribution >= 0.6 is 0 Å². The topological polar surface area (TPSA) is 128 Å². The fourth-order valence-corrected chi connectivity index (χ4v) is 2.44. The van der Waals surface area contributed by atoms with Crippen molar-refractivity contribution in [2.75, 3.05) is 6.61 Å². The van der Waals surface area contributed by atoms with Crippen LogP contribution in [0.25, 0.3) is 11.3 Å². The van der Waals surface area contributed by atoms with E-state index in [-0.39, 0.29) is 6.61 Å². The number of ether oxygens (including phenoxy) is 1. The fourth-order valence-electron chi connectivity index (χ4n) is 2.44. The fraction of sp³-hybridized carbons (Fsp3) is 0.267. The zero-order chi connectivity index (χ0) is 16.6. The zero-order valence-corrected chi connectivity index (χ0v) is 12.0. The molecule has 1 aliphatic rings. The van der Waals surface area contributed by atoms with Crippen LogP contribution in [0.5, 0.6) is 0 Å². The Labute approximate surface area is 130 Å². The lowest BCUT2D eigenvalue weighted by Gasteiger charge is -2.19. The van der Waals surface area contributed by atoms with Crippen LogP contribution in [-0.4, -0.2) is 44.5 Å². The molecule has 0 unspecified atom stereocenters. The molecule has 0 spiro atoms. The van der Waals surface area contributed by atoms with Crippen molar-refractivity contribution >= 4 is 5.91 Å². The molecule has 1 aliphatic heterocycles. The van der Waals surface area contributed by atoms with Gasteiger partial charge in [-0.25, -0.2) is 4.98 Å². The van der Waals surface area contributed by atoms with Crippen molar-refractivity contribution in [3.05, 3.63) is 52.6 Å². The average molecular weight is 317 g/mol. The summed E-state index contributed by atoms with van der Waals surface area (Å²) in [5, 5.41) is 19.5. The van der Waals surface area contributed by atoms with Crippen LogP contribution in [-0.2, 0) is 4.74 Å². The number of rotatable bonds is 3. The summed E-state index contributed by atoms with van der Waals surface area (Å²) in [5.74, 6) is -0.977. The minimum atomic E-state index is -1.29. The summed E-state index contributed by atoms with van der Waals surface area (Å²) in [4.78, 5) is 27.9. The van der Waals surface area contributed by atoms with Crippen molar-refractivity contribution in [1.29, 1.82) is 0 Å². The number of carbonyl (C=O) groups excluding carboxylic acids is 1. The Morgan fingerprint density at radius 3 is 2.57 bits per heavy atom. The molecule has 3 atom stereocenters. The lowest BCUT2D eigenvalue weighted by molar-refractivity contribution is -0.0205. The van der Waals surface area contributed by atoms with Gasteiger partial charge in [0.2, 0.25) is 0 Å². The van der Waals surface area contributed by atoms with E-state index in [9.17, 15) is 19.8 Å². The van der Waals surface area contributed by atoms with Gasteiger partial charge in [0.1, 0.15) is 12.2 Å². The number of benzene rings is 1. The Morgan fingerprint density at radius 1 is 1.30 bits per heavy atom. The number of nitrogens with two attached hydrogens (primary N) is 1. The van der Waals surface area contributed by atoms with Gasteiger partial charge in [-0.2, -0.15) is 0 Å². The van der Waals surface area contributed by atoms with E-state index in [4.69, 9.17) is 10.5 Å². The molecule has 0 radical (unpaired) electrons. The largest absolute Gasteiger partial charge is 0.388 e. The summed E-state index contributed by atoms with van der Waals surface area (Å²) < 4.78 is 6.29. The van der Waals surface area contributed by atoms with E-state index >= 15 is 0 Å². The number of hydrogen-bond acceptors (Lipinski definition) is 6. The predicted octanol–water partition coefficient (Wildman–Crippen LogP) is -0.740. The van der Waals surface area contributed by atoms with Crippen LogP contribution in [0.1, 0.15) is 16.7 Å². The smallest absolute Gasteiger partial charge is 0.284 e. The molecule has 1 fully saturated rings. The van der Waals surface area contributed by atoms with Crippen molar-refractivity contribution < 1.29 is 19.7 Å². The predicted molar refractivity (Wildman–Crippen MR) is 79.5 cm³/mol. The quantitative estimate of drug-likeness (QED) is 0.684.